The number of nitrogens with two attached hydrogens (primary N) is 1. The van der Waals surface area contributed by atoms with E-state index in [4.69, 9.17) is 10.5 Å². The van der Waals surface area contributed by atoms with E-state index in [1.807, 2.05) is 30.3 Å². The Morgan fingerprint density at radius 3 is 2.91 bits per heavy atom. The average molecular weight is 305 g/mol. The molecule has 0 saturated carbocycles. The summed E-state index contributed by atoms with van der Waals surface area (Å²) in [6, 6.07) is 12.0. The van der Waals surface area contributed by atoms with E-state index in [1.165, 1.54) is 0 Å². The van der Waals surface area contributed by atoms with Crippen molar-refractivity contribution >= 4 is 16.7 Å². The maximum absolute atomic E-state index is 12.5. The van der Waals surface area contributed by atoms with Gasteiger partial charge in [0.25, 0.3) is 0 Å². The van der Waals surface area contributed by atoms with Gasteiger partial charge in [0.15, 0.2) is 5.78 Å². The number of allylic oxidation sites excluding steroid dienone is 3. The van der Waals surface area contributed by atoms with Crippen molar-refractivity contribution in [1.82, 2.24) is 4.98 Å². The fourth-order valence-electron chi connectivity index (χ4n) is 3.42. The SMILES string of the molecule is N#CC1=C(N)OC2=C(C(=O)CCC2)[C@H]1c1cc2ccccc2[nH]1. The molecule has 0 bridgehead atoms. The van der Waals surface area contributed by atoms with Gasteiger partial charge in [0.05, 0.1) is 5.92 Å². The molecule has 1 atom stereocenters. The van der Waals surface area contributed by atoms with Crippen molar-refractivity contribution in [2.75, 3.05) is 0 Å². The molecule has 0 spiro atoms. The number of ketones is 1. The molecule has 1 aromatic carbocycles. The fraction of sp³-hybridized carbons (Fsp3) is 0.222. The molecule has 0 fully saturated rings. The number of Topliss-reactive ketones (excluding diaryl/α,β-unsaturated/α-hetero) is 1. The Morgan fingerprint density at radius 1 is 1.30 bits per heavy atom. The quantitative estimate of drug-likeness (QED) is 0.847. The van der Waals surface area contributed by atoms with Crippen LogP contribution in [0.1, 0.15) is 30.9 Å². The van der Waals surface area contributed by atoms with Crippen LogP contribution < -0.4 is 5.73 Å². The first kappa shape index (κ1) is 13.6. The monoisotopic (exact) mass is 305 g/mol. The van der Waals surface area contributed by atoms with Crippen molar-refractivity contribution in [2.45, 2.75) is 25.2 Å². The van der Waals surface area contributed by atoms with Crippen LogP contribution in [0.15, 0.2) is 53.1 Å². The zero-order valence-electron chi connectivity index (χ0n) is 12.4. The van der Waals surface area contributed by atoms with Gasteiger partial charge in [-0.2, -0.15) is 5.26 Å². The zero-order valence-corrected chi connectivity index (χ0v) is 12.4. The van der Waals surface area contributed by atoms with Gasteiger partial charge in [-0.25, -0.2) is 0 Å². The number of nitriles is 1. The smallest absolute Gasteiger partial charge is 0.205 e. The lowest BCUT2D eigenvalue weighted by molar-refractivity contribution is -0.116. The van der Waals surface area contributed by atoms with Gasteiger partial charge in [-0.1, -0.05) is 18.2 Å². The molecule has 0 unspecified atom stereocenters. The van der Waals surface area contributed by atoms with Gasteiger partial charge in [0.1, 0.15) is 17.4 Å². The second-order valence-corrected chi connectivity index (χ2v) is 5.85. The summed E-state index contributed by atoms with van der Waals surface area (Å²) in [6.07, 6.45) is 1.92. The van der Waals surface area contributed by atoms with Crippen molar-refractivity contribution in [3.63, 3.8) is 0 Å². The minimum atomic E-state index is -0.469. The third kappa shape index (κ3) is 2.03. The topological polar surface area (TPSA) is 91.9 Å². The van der Waals surface area contributed by atoms with E-state index in [0.717, 1.165) is 23.0 Å². The molecule has 23 heavy (non-hydrogen) atoms. The number of hydrogen-bond acceptors (Lipinski definition) is 4. The van der Waals surface area contributed by atoms with Crippen molar-refractivity contribution in [3.8, 4) is 6.07 Å². The molecule has 2 aliphatic rings. The third-order valence-electron chi connectivity index (χ3n) is 4.47. The molecule has 1 aliphatic carbocycles. The van der Waals surface area contributed by atoms with E-state index in [1.54, 1.807) is 0 Å². The molecule has 3 N–H and O–H groups in total. The van der Waals surface area contributed by atoms with Crippen LogP contribution in [0.4, 0.5) is 0 Å². The number of aromatic amines is 1. The molecule has 0 saturated heterocycles. The molecule has 0 amide bonds. The number of hydrogen-bond donors (Lipinski definition) is 2. The summed E-state index contributed by atoms with van der Waals surface area (Å²) in [4.78, 5) is 15.8. The summed E-state index contributed by atoms with van der Waals surface area (Å²) >= 11 is 0. The summed E-state index contributed by atoms with van der Waals surface area (Å²) in [5, 5.41) is 10.6. The Bertz CT molecular complexity index is 894. The average Bonchev–Trinajstić information content (AvgIpc) is 2.97. The molecule has 1 aliphatic heterocycles. The van der Waals surface area contributed by atoms with Crippen LogP contribution in [0.3, 0.4) is 0 Å². The zero-order chi connectivity index (χ0) is 16.0. The molecule has 5 nitrogen and oxygen atoms in total. The molecular weight excluding hydrogens is 290 g/mol. The van der Waals surface area contributed by atoms with Gasteiger partial charge < -0.3 is 15.5 Å². The van der Waals surface area contributed by atoms with Gasteiger partial charge in [-0.3, -0.25) is 4.79 Å². The number of H-pyrrole nitrogens is 1. The van der Waals surface area contributed by atoms with Crippen molar-refractivity contribution in [1.29, 1.82) is 5.26 Å². The number of aromatic nitrogens is 1. The molecule has 5 heteroatoms. The summed E-state index contributed by atoms with van der Waals surface area (Å²) in [6.45, 7) is 0. The number of rotatable bonds is 1. The molecule has 1 aromatic heterocycles. The van der Waals surface area contributed by atoms with Crippen molar-refractivity contribution in [3.05, 3.63) is 58.8 Å². The first-order valence-electron chi connectivity index (χ1n) is 7.60. The molecule has 2 heterocycles. The highest BCUT2D eigenvalue weighted by Crippen LogP contribution is 2.43. The van der Waals surface area contributed by atoms with Crippen molar-refractivity contribution in [2.24, 2.45) is 5.73 Å². The van der Waals surface area contributed by atoms with Gasteiger partial charge in [-0.15, -0.1) is 0 Å². The lowest BCUT2D eigenvalue weighted by atomic mass is 9.79. The normalized spacial score (nSPS) is 21.2. The van der Waals surface area contributed by atoms with E-state index in [2.05, 4.69) is 11.1 Å². The summed E-state index contributed by atoms with van der Waals surface area (Å²) in [5.41, 5.74) is 8.58. The van der Waals surface area contributed by atoms with Crippen LogP contribution in [0.2, 0.25) is 0 Å². The highest BCUT2D eigenvalue weighted by atomic mass is 16.5. The lowest BCUT2D eigenvalue weighted by Gasteiger charge is -2.30. The third-order valence-corrected chi connectivity index (χ3v) is 4.47. The van der Waals surface area contributed by atoms with Crippen LogP contribution in [-0.4, -0.2) is 10.8 Å². The highest BCUT2D eigenvalue weighted by molar-refractivity contribution is 5.99. The van der Waals surface area contributed by atoms with E-state index < -0.39 is 5.92 Å². The molecule has 114 valence electrons. The second kappa shape index (κ2) is 5.03. The predicted octanol–water partition coefficient (Wildman–Crippen LogP) is 2.98. The van der Waals surface area contributed by atoms with Crippen molar-refractivity contribution < 1.29 is 9.53 Å². The second-order valence-electron chi connectivity index (χ2n) is 5.85. The number of ether oxygens (including phenoxy) is 1. The van der Waals surface area contributed by atoms with Crippen LogP contribution in [-0.2, 0) is 9.53 Å². The molecule has 2 aromatic rings. The molecular formula is C18H15N3O2. The van der Waals surface area contributed by atoms with Crippen LogP contribution >= 0.6 is 0 Å². The number of para-hydroxylation sites is 1. The highest BCUT2D eigenvalue weighted by Gasteiger charge is 2.38. The van der Waals surface area contributed by atoms with E-state index in [-0.39, 0.29) is 11.7 Å². The maximum Gasteiger partial charge on any atom is 0.205 e. The fourth-order valence-corrected chi connectivity index (χ4v) is 3.42. The maximum atomic E-state index is 12.5. The molecule has 0 radical (unpaired) electrons. The van der Waals surface area contributed by atoms with Crippen LogP contribution in [0.5, 0.6) is 0 Å². The predicted molar refractivity (Wildman–Crippen MR) is 84.8 cm³/mol. The van der Waals surface area contributed by atoms with Gasteiger partial charge in [0.2, 0.25) is 5.88 Å². The first-order chi connectivity index (χ1) is 11.2. The Hall–Kier alpha value is -3.00. The van der Waals surface area contributed by atoms with Gasteiger partial charge in [-0.05, 0) is 23.9 Å². The number of carbonyl (C=O) groups excluding carboxylic acids is 1. The number of nitrogens with zero attached hydrogens (tertiary/aromatic N) is 1. The minimum Gasteiger partial charge on any atom is -0.444 e. The first-order valence-corrected chi connectivity index (χ1v) is 7.60. The number of fused-ring (bicyclic) bond motifs is 1. The molecule has 4 rings (SSSR count). The number of carbonyl (C=O) groups is 1. The van der Waals surface area contributed by atoms with E-state index in [9.17, 15) is 10.1 Å². The lowest BCUT2D eigenvalue weighted by Crippen LogP contribution is -2.27. The Kier molecular flexibility index (Phi) is 2.98. The summed E-state index contributed by atoms with van der Waals surface area (Å²) < 4.78 is 5.57. The largest absolute Gasteiger partial charge is 0.444 e. The summed E-state index contributed by atoms with van der Waals surface area (Å²) in [5.74, 6) is 0.283. The Labute approximate surface area is 133 Å². The van der Waals surface area contributed by atoms with Gasteiger partial charge >= 0.3 is 0 Å². The van der Waals surface area contributed by atoms with Gasteiger partial charge in [0, 0.05) is 29.6 Å². The Morgan fingerprint density at radius 2 is 2.13 bits per heavy atom. The van der Waals surface area contributed by atoms with E-state index in [0.29, 0.717) is 29.7 Å². The van der Waals surface area contributed by atoms with Crippen LogP contribution in [0, 0.1) is 11.3 Å². The number of benzene rings is 1. The van der Waals surface area contributed by atoms with E-state index >= 15 is 0 Å². The summed E-state index contributed by atoms with van der Waals surface area (Å²) in [7, 11) is 0. The van der Waals surface area contributed by atoms with Crippen LogP contribution in [0.25, 0.3) is 10.9 Å². The Balaban J connectivity index is 1.94. The number of nitrogens with one attached hydrogen (secondary N) is 1. The standard InChI is InChI=1S/C18H15N3O2/c19-9-11-16(13-8-10-4-1-2-5-12(10)21-13)17-14(22)6-3-7-15(17)23-18(11)20/h1-2,4-5,8,16,21H,3,6-7,20H2/t16-/m1/s1. The minimum absolute atomic E-state index is 0.0372.